The Balaban J connectivity index is 1.58. The van der Waals surface area contributed by atoms with E-state index in [0.717, 1.165) is 0 Å². The third-order valence-corrected chi connectivity index (χ3v) is 6.69. The van der Waals surface area contributed by atoms with Crippen LogP contribution in [0.25, 0.3) is 10.9 Å². The number of rotatable bonds is 5. The maximum absolute atomic E-state index is 15.1. The maximum Gasteiger partial charge on any atom is 0.410 e. The number of amides is 1. The zero-order valence-corrected chi connectivity index (χ0v) is 22.4. The molecule has 12 heteroatoms. The lowest BCUT2D eigenvalue weighted by atomic mass is 10.2. The second kappa shape index (κ2) is 10.8. The van der Waals surface area contributed by atoms with Gasteiger partial charge in [0.1, 0.15) is 35.1 Å². The van der Waals surface area contributed by atoms with E-state index in [2.05, 4.69) is 30.9 Å². The molecule has 1 amide bonds. The zero-order valence-electron chi connectivity index (χ0n) is 20.0. The second-order valence-corrected chi connectivity index (χ2v) is 10.4. The molecule has 1 fully saturated rings. The number of ether oxygens (including phenoxy) is 2. The van der Waals surface area contributed by atoms with Crippen LogP contribution in [0.1, 0.15) is 32.3 Å². The zero-order chi connectivity index (χ0) is 26.0. The van der Waals surface area contributed by atoms with Crippen molar-refractivity contribution in [2.24, 2.45) is 0 Å². The van der Waals surface area contributed by atoms with E-state index >= 15 is 4.39 Å². The number of halogens is 4. The average molecular weight is 585 g/mol. The van der Waals surface area contributed by atoms with Crippen LogP contribution in [0, 0.1) is 11.6 Å². The van der Waals surface area contributed by atoms with E-state index in [9.17, 15) is 9.18 Å². The van der Waals surface area contributed by atoms with Gasteiger partial charge < -0.3 is 19.3 Å². The molecule has 0 atom stereocenters. The highest BCUT2D eigenvalue weighted by Gasteiger charge is 2.28. The van der Waals surface area contributed by atoms with Crippen molar-refractivity contribution in [2.75, 3.05) is 31.1 Å². The van der Waals surface area contributed by atoms with Gasteiger partial charge in [0.05, 0.1) is 16.1 Å². The van der Waals surface area contributed by atoms with Gasteiger partial charge in [0.2, 0.25) is 0 Å². The molecule has 0 radical (unpaired) electrons. The first-order valence-corrected chi connectivity index (χ1v) is 12.4. The van der Waals surface area contributed by atoms with Crippen molar-refractivity contribution >= 4 is 50.3 Å². The molecule has 0 bridgehead atoms. The monoisotopic (exact) mass is 583 g/mol. The van der Waals surface area contributed by atoms with Crippen LogP contribution in [-0.2, 0) is 22.7 Å². The summed E-state index contributed by atoms with van der Waals surface area (Å²) in [6.07, 6.45) is 1.09. The Bertz CT molecular complexity index is 1280. The third kappa shape index (κ3) is 6.01. The number of piperazine rings is 1. The van der Waals surface area contributed by atoms with Crippen molar-refractivity contribution in [3.63, 3.8) is 0 Å². The number of carbonyl (C=O) groups excluding carboxylic acids is 1. The summed E-state index contributed by atoms with van der Waals surface area (Å²) >= 11 is 9.40. The molecule has 1 aliphatic heterocycles. The highest BCUT2D eigenvalue weighted by Crippen LogP contribution is 2.35. The Morgan fingerprint density at radius 3 is 2.56 bits per heavy atom. The van der Waals surface area contributed by atoms with Crippen molar-refractivity contribution in [1.82, 2.24) is 19.9 Å². The quantitative estimate of drug-likeness (QED) is 0.367. The molecule has 3 heterocycles. The molecule has 0 N–H and O–H groups in total. The SMILES string of the molecule is CC(C)(C)OC(=O)N1CCN(c2nc(COCc3ncccc3F)nc3c(F)c(Br)c(Cl)cc23)CC1. The number of anilines is 1. The van der Waals surface area contributed by atoms with E-state index in [4.69, 9.17) is 21.1 Å². The Hall–Kier alpha value is -2.63. The number of hydrogen-bond acceptors (Lipinski definition) is 7. The van der Waals surface area contributed by atoms with Crippen LogP contribution < -0.4 is 4.90 Å². The van der Waals surface area contributed by atoms with Crippen LogP contribution in [0.15, 0.2) is 28.9 Å². The summed E-state index contributed by atoms with van der Waals surface area (Å²) in [5.74, 6) is -0.410. The molecular formula is C24H25BrClF2N5O3. The topological polar surface area (TPSA) is 80.7 Å². The van der Waals surface area contributed by atoms with E-state index in [1.54, 1.807) is 11.0 Å². The van der Waals surface area contributed by atoms with Gasteiger partial charge in [-0.05, 0) is 54.9 Å². The maximum atomic E-state index is 15.1. The molecule has 1 saturated heterocycles. The molecular weight excluding hydrogens is 560 g/mol. The molecule has 1 aliphatic rings. The number of nitrogens with zero attached hydrogens (tertiary/aromatic N) is 5. The summed E-state index contributed by atoms with van der Waals surface area (Å²) in [6.45, 7) is 6.96. The second-order valence-electron chi connectivity index (χ2n) is 9.23. The average Bonchev–Trinajstić information content (AvgIpc) is 2.83. The first-order valence-electron chi connectivity index (χ1n) is 11.3. The number of pyridine rings is 1. The fraction of sp³-hybridized carbons (Fsp3) is 0.417. The predicted octanol–water partition coefficient (Wildman–Crippen LogP) is 5.49. The Morgan fingerprint density at radius 1 is 1.17 bits per heavy atom. The summed E-state index contributed by atoms with van der Waals surface area (Å²) in [6, 6.07) is 4.39. The lowest BCUT2D eigenvalue weighted by Crippen LogP contribution is -2.50. The van der Waals surface area contributed by atoms with Crippen molar-refractivity contribution in [2.45, 2.75) is 39.6 Å². The van der Waals surface area contributed by atoms with Crippen LogP contribution in [0.4, 0.5) is 19.4 Å². The number of carbonyl (C=O) groups is 1. The standard InChI is InChI=1S/C24H25BrClF2N5O3/c1-24(2,3)36-23(34)33-9-7-32(8-10-33)22-14-11-15(26)19(25)20(28)21(14)30-18(31-22)13-35-12-17-16(27)5-4-6-29-17/h4-6,11H,7-10,12-13H2,1-3H3. The molecule has 4 rings (SSSR count). The first-order chi connectivity index (χ1) is 17.0. The molecule has 0 saturated carbocycles. The minimum Gasteiger partial charge on any atom is -0.444 e. The summed E-state index contributed by atoms with van der Waals surface area (Å²) in [4.78, 5) is 28.9. The lowest BCUT2D eigenvalue weighted by Gasteiger charge is -2.36. The third-order valence-electron chi connectivity index (χ3n) is 5.39. The molecule has 0 spiro atoms. The molecule has 8 nitrogen and oxygen atoms in total. The molecule has 3 aromatic rings. The molecule has 2 aromatic heterocycles. The van der Waals surface area contributed by atoms with Crippen molar-refractivity contribution in [3.8, 4) is 0 Å². The van der Waals surface area contributed by atoms with Crippen LogP contribution in [0.5, 0.6) is 0 Å². The predicted molar refractivity (Wildman–Crippen MR) is 135 cm³/mol. The molecule has 0 aliphatic carbocycles. The van der Waals surface area contributed by atoms with Crippen LogP contribution >= 0.6 is 27.5 Å². The molecule has 36 heavy (non-hydrogen) atoms. The minimum atomic E-state index is -0.620. The van der Waals surface area contributed by atoms with E-state index in [1.165, 1.54) is 18.3 Å². The summed E-state index contributed by atoms with van der Waals surface area (Å²) < 4.78 is 40.2. The van der Waals surface area contributed by atoms with Gasteiger partial charge in [0, 0.05) is 37.8 Å². The lowest BCUT2D eigenvalue weighted by molar-refractivity contribution is 0.0240. The van der Waals surface area contributed by atoms with Gasteiger partial charge in [-0.2, -0.15) is 0 Å². The van der Waals surface area contributed by atoms with E-state index in [0.29, 0.717) is 37.4 Å². The van der Waals surface area contributed by atoms with Crippen molar-refractivity contribution in [3.05, 3.63) is 57.0 Å². The van der Waals surface area contributed by atoms with E-state index in [-0.39, 0.29) is 45.8 Å². The number of hydrogen-bond donors (Lipinski definition) is 0. The first kappa shape index (κ1) is 26.4. The normalized spacial score (nSPS) is 14.4. The Kier molecular flexibility index (Phi) is 7.91. The van der Waals surface area contributed by atoms with Gasteiger partial charge in [-0.15, -0.1) is 0 Å². The number of aromatic nitrogens is 3. The van der Waals surface area contributed by atoms with Crippen LogP contribution in [-0.4, -0.2) is 57.7 Å². The smallest absolute Gasteiger partial charge is 0.410 e. The summed E-state index contributed by atoms with van der Waals surface area (Å²) in [7, 11) is 0. The molecule has 1 aromatic carbocycles. The van der Waals surface area contributed by atoms with E-state index < -0.39 is 17.2 Å². The number of fused-ring (bicyclic) bond motifs is 1. The van der Waals surface area contributed by atoms with E-state index in [1.807, 2.05) is 25.7 Å². The number of benzene rings is 1. The fourth-order valence-corrected chi connectivity index (χ4v) is 4.19. The van der Waals surface area contributed by atoms with Crippen LogP contribution in [0.3, 0.4) is 0 Å². The summed E-state index contributed by atoms with van der Waals surface area (Å²) in [5.41, 5.74) is -0.364. The van der Waals surface area contributed by atoms with Gasteiger partial charge in [0.15, 0.2) is 11.6 Å². The van der Waals surface area contributed by atoms with Gasteiger partial charge in [-0.1, -0.05) is 11.6 Å². The summed E-state index contributed by atoms with van der Waals surface area (Å²) in [5, 5.41) is 0.623. The fourth-order valence-electron chi connectivity index (χ4n) is 3.70. The van der Waals surface area contributed by atoms with Crippen molar-refractivity contribution < 1.29 is 23.0 Å². The largest absolute Gasteiger partial charge is 0.444 e. The Labute approximate surface area is 220 Å². The molecule has 192 valence electrons. The van der Waals surface area contributed by atoms with Crippen molar-refractivity contribution in [1.29, 1.82) is 0 Å². The minimum absolute atomic E-state index is 0.0773. The highest BCUT2D eigenvalue weighted by molar-refractivity contribution is 9.10. The van der Waals surface area contributed by atoms with Gasteiger partial charge in [-0.25, -0.2) is 23.5 Å². The van der Waals surface area contributed by atoms with Crippen LogP contribution in [0.2, 0.25) is 5.02 Å². The Morgan fingerprint density at radius 2 is 1.89 bits per heavy atom. The van der Waals surface area contributed by atoms with Gasteiger partial charge in [-0.3, -0.25) is 4.98 Å². The molecule has 0 unspecified atom stereocenters. The van der Waals surface area contributed by atoms with Gasteiger partial charge in [0.25, 0.3) is 0 Å². The highest BCUT2D eigenvalue weighted by atomic mass is 79.9. The van der Waals surface area contributed by atoms with Gasteiger partial charge >= 0.3 is 6.09 Å².